The highest BCUT2D eigenvalue weighted by Gasteiger charge is 2.21. The molecule has 2 N–H and O–H groups in total. The molecule has 0 atom stereocenters. The third-order valence-electron chi connectivity index (χ3n) is 2.68. The molecule has 0 aliphatic heterocycles. The predicted octanol–water partition coefficient (Wildman–Crippen LogP) is 3.82. The Labute approximate surface area is 147 Å². The summed E-state index contributed by atoms with van der Waals surface area (Å²) in [6.45, 7) is 1.34. The maximum Gasteiger partial charge on any atom is 0.264 e. The third-order valence-corrected chi connectivity index (χ3v) is 5.81. The average molecular weight is 395 g/mol. The van der Waals surface area contributed by atoms with Crippen LogP contribution >= 0.6 is 34.5 Å². The van der Waals surface area contributed by atoms with Gasteiger partial charge in [0.1, 0.15) is 15.0 Å². The molecule has 1 aromatic carbocycles. The first-order valence-corrected chi connectivity index (χ1v) is 9.22. The van der Waals surface area contributed by atoms with Gasteiger partial charge in [0.05, 0.1) is 22.8 Å². The molecule has 0 unspecified atom stereocenters. The van der Waals surface area contributed by atoms with E-state index in [9.17, 15) is 13.2 Å². The van der Waals surface area contributed by atoms with Crippen molar-refractivity contribution >= 4 is 61.8 Å². The molecule has 0 radical (unpaired) electrons. The zero-order chi connectivity index (χ0) is 17.2. The van der Waals surface area contributed by atoms with Gasteiger partial charge in [-0.3, -0.25) is 9.52 Å². The number of hydrogen-bond donors (Lipinski definition) is 2. The van der Waals surface area contributed by atoms with Gasteiger partial charge < -0.3 is 10.1 Å². The van der Waals surface area contributed by atoms with Crippen molar-refractivity contribution in [1.29, 1.82) is 0 Å². The number of sulfonamides is 1. The lowest BCUT2D eigenvalue weighted by molar-refractivity contribution is -0.114. The Morgan fingerprint density at radius 1 is 1.26 bits per heavy atom. The third kappa shape index (κ3) is 4.29. The number of carbonyl (C=O) groups excluding carboxylic acids is 1. The number of anilines is 2. The van der Waals surface area contributed by atoms with Gasteiger partial charge in [0.15, 0.2) is 0 Å². The van der Waals surface area contributed by atoms with Crippen molar-refractivity contribution in [2.45, 2.75) is 11.8 Å². The fourth-order valence-corrected chi connectivity index (χ4v) is 4.98. The van der Waals surface area contributed by atoms with Crippen LogP contribution in [0.3, 0.4) is 0 Å². The molecule has 0 saturated heterocycles. The van der Waals surface area contributed by atoms with Crippen molar-refractivity contribution in [2.75, 3.05) is 17.1 Å². The van der Waals surface area contributed by atoms with Crippen molar-refractivity contribution in [3.05, 3.63) is 32.9 Å². The van der Waals surface area contributed by atoms with Gasteiger partial charge >= 0.3 is 0 Å². The minimum atomic E-state index is -3.90. The molecular formula is C13H12Cl2N2O4S2. The number of rotatable bonds is 5. The molecule has 10 heteroatoms. The molecule has 6 nitrogen and oxygen atoms in total. The van der Waals surface area contributed by atoms with Crippen molar-refractivity contribution < 1.29 is 17.9 Å². The van der Waals surface area contributed by atoms with Crippen LogP contribution in [-0.4, -0.2) is 21.4 Å². The summed E-state index contributed by atoms with van der Waals surface area (Å²) in [7, 11) is -2.46. The Bertz CT molecular complexity index is 850. The number of halogens is 2. The monoisotopic (exact) mass is 394 g/mol. The number of thiophene rings is 1. The van der Waals surface area contributed by atoms with Gasteiger partial charge in [0, 0.05) is 6.92 Å². The van der Waals surface area contributed by atoms with Gasteiger partial charge in [-0.2, -0.15) is 0 Å². The molecule has 124 valence electrons. The molecule has 1 amide bonds. The Hall–Kier alpha value is -1.48. The number of carbonyl (C=O) groups is 1. The van der Waals surface area contributed by atoms with Crippen molar-refractivity contribution in [2.24, 2.45) is 0 Å². The highest BCUT2D eigenvalue weighted by Crippen LogP contribution is 2.36. The lowest BCUT2D eigenvalue weighted by Crippen LogP contribution is -2.13. The summed E-state index contributed by atoms with van der Waals surface area (Å²) in [5, 5.41) is 2.56. The van der Waals surface area contributed by atoms with Crippen molar-refractivity contribution in [1.82, 2.24) is 0 Å². The quantitative estimate of drug-likeness (QED) is 0.806. The van der Waals surface area contributed by atoms with Crippen molar-refractivity contribution in [3.63, 3.8) is 0 Å². The Morgan fingerprint density at radius 3 is 2.48 bits per heavy atom. The maximum absolute atomic E-state index is 12.4. The molecule has 1 aromatic heterocycles. The summed E-state index contributed by atoms with van der Waals surface area (Å²) in [6.07, 6.45) is 0. The van der Waals surface area contributed by atoms with Gasteiger partial charge in [-0.1, -0.05) is 23.2 Å². The lowest BCUT2D eigenvalue weighted by atomic mass is 10.2. The van der Waals surface area contributed by atoms with Crippen LogP contribution in [0.1, 0.15) is 6.92 Å². The molecule has 0 spiro atoms. The standard InChI is InChI=1S/C13H12Cl2N2O4S2/c1-7(18)16-9-5-8(3-4-10(9)21-2)17-23(19,20)11-6-12(14)22-13(11)15/h3-6,17H,1-2H3,(H,16,18). The zero-order valence-corrected chi connectivity index (χ0v) is 15.2. The van der Waals surface area contributed by atoms with Crippen LogP contribution in [0, 0.1) is 0 Å². The van der Waals surface area contributed by atoms with Gasteiger partial charge in [0.2, 0.25) is 5.91 Å². The molecule has 2 aromatic rings. The average Bonchev–Trinajstić information content (AvgIpc) is 2.78. The number of amides is 1. The topological polar surface area (TPSA) is 84.5 Å². The molecule has 0 bridgehead atoms. The highest BCUT2D eigenvalue weighted by molar-refractivity contribution is 7.93. The van der Waals surface area contributed by atoms with Crippen LogP contribution in [0.5, 0.6) is 5.75 Å². The van der Waals surface area contributed by atoms with E-state index in [0.29, 0.717) is 11.4 Å². The molecule has 1 heterocycles. The van der Waals surface area contributed by atoms with E-state index in [1.807, 2.05) is 0 Å². The van der Waals surface area contributed by atoms with E-state index >= 15 is 0 Å². The predicted molar refractivity (Wildman–Crippen MR) is 92.4 cm³/mol. The Kier molecular flexibility index (Phi) is 5.41. The first kappa shape index (κ1) is 17.9. The Balaban J connectivity index is 2.36. The minimum absolute atomic E-state index is 0.0677. The molecule has 23 heavy (non-hydrogen) atoms. The molecule has 0 aliphatic carbocycles. The first-order chi connectivity index (χ1) is 10.7. The molecule has 0 aliphatic rings. The zero-order valence-electron chi connectivity index (χ0n) is 12.0. The van der Waals surface area contributed by atoms with E-state index in [-0.39, 0.29) is 25.2 Å². The summed E-state index contributed by atoms with van der Waals surface area (Å²) in [5.41, 5.74) is 0.586. The van der Waals surface area contributed by atoms with Crippen LogP contribution in [0.4, 0.5) is 11.4 Å². The second-order valence-corrected chi connectivity index (χ2v) is 8.33. The Morgan fingerprint density at radius 2 is 1.96 bits per heavy atom. The smallest absolute Gasteiger partial charge is 0.264 e. The normalized spacial score (nSPS) is 11.1. The SMILES string of the molecule is COc1ccc(NS(=O)(=O)c2cc(Cl)sc2Cl)cc1NC(C)=O. The van der Waals surface area contributed by atoms with E-state index < -0.39 is 10.0 Å². The van der Waals surface area contributed by atoms with Crippen LogP contribution in [0.15, 0.2) is 29.2 Å². The number of methoxy groups -OCH3 is 1. The molecular weight excluding hydrogens is 383 g/mol. The number of nitrogens with one attached hydrogen (secondary N) is 2. The second-order valence-electron chi connectivity index (χ2n) is 4.39. The van der Waals surface area contributed by atoms with Gasteiger partial charge in [-0.05, 0) is 24.3 Å². The second kappa shape index (κ2) is 6.96. The summed E-state index contributed by atoms with van der Waals surface area (Å²) < 4.78 is 32.5. The van der Waals surface area contributed by atoms with E-state index in [2.05, 4.69) is 10.0 Å². The maximum atomic E-state index is 12.4. The fraction of sp³-hybridized carbons (Fsp3) is 0.154. The first-order valence-electron chi connectivity index (χ1n) is 6.16. The lowest BCUT2D eigenvalue weighted by Gasteiger charge is -2.12. The van der Waals surface area contributed by atoms with Crippen LogP contribution in [0.2, 0.25) is 8.67 Å². The fourth-order valence-electron chi connectivity index (χ4n) is 1.78. The van der Waals surface area contributed by atoms with Crippen LogP contribution in [0.25, 0.3) is 0 Å². The van der Waals surface area contributed by atoms with Crippen LogP contribution in [-0.2, 0) is 14.8 Å². The number of hydrogen-bond acceptors (Lipinski definition) is 5. The number of benzene rings is 1. The van der Waals surface area contributed by atoms with E-state index in [4.69, 9.17) is 27.9 Å². The molecule has 0 saturated carbocycles. The largest absolute Gasteiger partial charge is 0.495 e. The summed E-state index contributed by atoms with van der Waals surface area (Å²) in [6, 6.07) is 5.75. The van der Waals surface area contributed by atoms with E-state index in [1.54, 1.807) is 0 Å². The van der Waals surface area contributed by atoms with Crippen LogP contribution < -0.4 is 14.8 Å². The van der Waals surface area contributed by atoms with E-state index in [1.165, 1.54) is 38.3 Å². The number of ether oxygens (including phenoxy) is 1. The highest BCUT2D eigenvalue weighted by atomic mass is 35.5. The van der Waals surface area contributed by atoms with Gasteiger partial charge in [-0.15, -0.1) is 11.3 Å². The van der Waals surface area contributed by atoms with Gasteiger partial charge in [0.25, 0.3) is 10.0 Å². The van der Waals surface area contributed by atoms with Gasteiger partial charge in [-0.25, -0.2) is 8.42 Å². The summed E-state index contributed by atoms with van der Waals surface area (Å²) in [5.74, 6) is 0.0933. The molecule has 0 fully saturated rings. The van der Waals surface area contributed by atoms with E-state index in [0.717, 1.165) is 11.3 Å². The summed E-state index contributed by atoms with van der Waals surface area (Å²) in [4.78, 5) is 11.1. The summed E-state index contributed by atoms with van der Waals surface area (Å²) >= 11 is 12.6. The van der Waals surface area contributed by atoms with Crippen molar-refractivity contribution in [3.8, 4) is 5.75 Å². The molecule has 2 rings (SSSR count). The minimum Gasteiger partial charge on any atom is -0.495 e.